The Kier molecular flexibility index (Phi) is 5.15. The van der Waals surface area contributed by atoms with E-state index in [0.29, 0.717) is 11.8 Å². The van der Waals surface area contributed by atoms with Crippen LogP contribution >= 0.6 is 0 Å². The quantitative estimate of drug-likeness (QED) is 0.411. The number of nitrogens with one attached hydrogen (secondary N) is 2. The maximum atomic E-state index is 10.7. The number of carbonyl (C=O) groups excluding carboxylic acids is 1. The molecule has 2 rings (SSSR count). The molecule has 0 aliphatic carbocycles. The average molecular weight is 270 g/mol. The molecule has 2 aromatic carbocycles. The Bertz CT molecular complexity index is 556. The van der Waals surface area contributed by atoms with Crippen molar-refractivity contribution in [3.63, 3.8) is 0 Å². The molecule has 20 heavy (non-hydrogen) atoms. The molecular formula is C16H18N2O2. The summed E-state index contributed by atoms with van der Waals surface area (Å²) in [5.41, 5.74) is 2.37. The van der Waals surface area contributed by atoms with Crippen molar-refractivity contribution in [3.05, 3.63) is 59.7 Å². The first-order valence-electron chi connectivity index (χ1n) is 6.56. The summed E-state index contributed by atoms with van der Waals surface area (Å²) < 4.78 is 0. The summed E-state index contributed by atoms with van der Waals surface area (Å²) in [6, 6.07) is 15.1. The van der Waals surface area contributed by atoms with Crippen LogP contribution in [-0.2, 0) is 6.54 Å². The fourth-order valence-corrected chi connectivity index (χ4v) is 1.88. The summed E-state index contributed by atoms with van der Waals surface area (Å²) in [4.78, 5) is 10.7. The lowest BCUT2D eigenvalue weighted by Gasteiger charge is -2.09. The number of aromatic hydroxyl groups is 1. The van der Waals surface area contributed by atoms with Gasteiger partial charge in [0, 0.05) is 25.3 Å². The first kappa shape index (κ1) is 14.1. The van der Waals surface area contributed by atoms with Gasteiger partial charge in [0.1, 0.15) is 5.75 Å². The molecule has 0 spiro atoms. The number of carbonyl (C=O) groups is 1. The van der Waals surface area contributed by atoms with Gasteiger partial charge in [0.05, 0.1) is 5.56 Å². The molecule has 4 heteroatoms. The van der Waals surface area contributed by atoms with Crippen LogP contribution in [0.1, 0.15) is 15.9 Å². The minimum Gasteiger partial charge on any atom is -0.507 e. The molecule has 0 heterocycles. The van der Waals surface area contributed by atoms with E-state index in [-0.39, 0.29) is 5.75 Å². The Morgan fingerprint density at radius 1 is 1.05 bits per heavy atom. The predicted octanol–water partition coefficient (Wildman–Crippen LogP) is 2.41. The van der Waals surface area contributed by atoms with E-state index in [1.165, 1.54) is 11.6 Å². The van der Waals surface area contributed by atoms with Crippen LogP contribution in [0.5, 0.6) is 5.75 Å². The molecule has 0 saturated heterocycles. The molecular weight excluding hydrogens is 252 g/mol. The van der Waals surface area contributed by atoms with Crippen molar-refractivity contribution in [1.82, 2.24) is 5.32 Å². The zero-order chi connectivity index (χ0) is 14.2. The number of hydrogen-bond donors (Lipinski definition) is 3. The molecule has 104 valence electrons. The van der Waals surface area contributed by atoms with E-state index in [4.69, 9.17) is 0 Å². The van der Waals surface area contributed by atoms with Gasteiger partial charge < -0.3 is 15.7 Å². The molecule has 0 saturated carbocycles. The topological polar surface area (TPSA) is 61.4 Å². The van der Waals surface area contributed by atoms with Gasteiger partial charge in [-0.3, -0.25) is 4.79 Å². The molecule has 0 aliphatic heterocycles. The first-order valence-corrected chi connectivity index (χ1v) is 6.56. The normalized spacial score (nSPS) is 10.2. The fraction of sp³-hybridized carbons (Fsp3) is 0.188. The zero-order valence-corrected chi connectivity index (χ0v) is 11.2. The van der Waals surface area contributed by atoms with E-state index in [1.807, 2.05) is 18.2 Å². The smallest absolute Gasteiger partial charge is 0.153 e. The SMILES string of the molecule is O=Cc1cc(NCCNCc2ccccc2)ccc1O. The van der Waals surface area contributed by atoms with Gasteiger partial charge in [-0.1, -0.05) is 30.3 Å². The van der Waals surface area contributed by atoms with Crippen LogP contribution in [0.15, 0.2) is 48.5 Å². The van der Waals surface area contributed by atoms with E-state index < -0.39 is 0 Å². The van der Waals surface area contributed by atoms with Crippen molar-refractivity contribution in [3.8, 4) is 5.75 Å². The van der Waals surface area contributed by atoms with Crippen molar-refractivity contribution in [1.29, 1.82) is 0 Å². The Morgan fingerprint density at radius 2 is 1.85 bits per heavy atom. The number of hydrogen-bond acceptors (Lipinski definition) is 4. The van der Waals surface area contributed by atoms with E-state index in [2.05, 4.69) is 22.8 Å². The third-order valence-electron chi connectivity index (χ3n) is 2.96. The van der Waals surface area contributed by atoms with Gasteiger partial charge in [0.2, 0.25) is 0 Å². The molecule has 4 nitrogen and oxygen atoms in total. The van der Waals surface area contributed by atoms with Crippen LogP contribution < -0.4 is 10.6 Å². The number of benzene rings is 2. The molecule has 0 atom stereocenters. The van der Waals surface area contributed by atoms with Gasteiger partial charge in [-0.05, 0) is 23.8 Å². The maximum absolute atomic E-state index is 10.7. The summed E-state index contributed by atoms with van der Waals surface area (Å²) in [5.74, 6) is 0.00718. The van der Waals surface area contributed by atoms with Crippen LogP contribution in [0.2, 0.25) is 0 Å². The van der Waals surface area contributed by atoms with Crippen LogP contribution in [0.4, 0.5) is 5.69 Å². The van der Waals surface area contributed by atoms with Gasteiger partial charge in [-0.15, -0.1) is 0 Å². The van der Waals surface area contributed by atoms with Gasteiger partial charge >= 0.3 is 0 Å². The van der Waals surface area contributed by atoms with Gasteiger partial charge in [0.25, 0.3) is 0 Å². The average Bonchev–Trinajstić information content (AvgIpc) is 2.49. The fourth-order valence-electron chi connectivity index (χ4n) is 1.88. The monoisotopic (exact) mass is 270 g/mol. The summed E-state index contributed by atoms with van der Waals surface area (Å²) >= 11 is 0. The minimum atomic E-state index is 0.00718. The van der Waals surface area contributed by atoms with Crippen LogP contribution in [0, 0.1) is 0 Å². The third-order valence-corrected chi connectivity index (χ3v) is 2.96. The van der Waals surface area contributed by atoms with E-state index >= 15 is 0 Å². The largest absolute Gasteiger partial charge is 0.507 e. The zero-order valence-electron chi connectivity index (χ0n) is 11.2. The van der Waals surface area contributed by atoms with E-state index in [1.54, 1.807) is 12.1 Å². The summed E-state index contributed by atoms with van der Waals surface area (Å²) in [6.07, 6.45) is 0.647. The molecule has 0 aromatic heterocycles. The van der Waals surface area contributed by atoms with Crippen molar-refractivity contribution in [2.24, 2.45) is 0 Å². The standard InChI is InChI=1S/C16H18N2O2/c19-12-14-10-15(6-7-16(14)20)18-9-8-17-11-13-4-2-1-3-5-13/h1-7,10,12,17-18,20H,8-9,11H2. The van der Waals surface area contributed by atoms with Crippen LogP contribution in [0.25, 0.3) is 0 Å². The second-order valence-electron chi connectivity index (χ2n) is 4.48. The second kappa shape index (κ2) is 7.31. The molecule has 0 aliphatic rings. The number of aldehydes is 1. The first-order chi connectivity index (χ1) is 9.79. The highest BCUT2D eigenvalue weighted by Gasteiger charge is 2.00. The lowest BCUT2D eigenvalue weighted by Crippen LogP contribution is -2.21. The number of phenolic OH excluding ortho intramolecular Hbond substituents is 1. The molecule has 0 fully saturated rings. The molecule has 0 radical (unpaired) electrons. The molecule has 0 unspecified atom stereocenters. The number of phenols is 1. The maximum Gasteiger partial charge on any atom is 0.153 e. The molecule has 0 bridgehead atoms. The predicted molar refractivity (Wildman–Crippen MR) is 80.1 cm³/mol. The Balaban J connectivity index is 1.72. The lowest BCUT2D eigenvalue weighted by molar-refractivity contribution is 0.112. The third kappa shape index (κ3) is 4.10. The highest BCUT2D eigenvalue weighted by molar-refractivity contribution is 5.81. The minimum absolute atomic E-state index is 0.00718. The van der Waals surface area contributed by atoms with Crippen molar-refractivity contribution >= 4 is 12.0 Å². The molecule has 2 aromatic rings. The van der Waals surface area contributed by atoms with Crippen LogP contribution in [0.3, 0.4) is 0 Å². The molecule has 0 amide bonds. The summed E-state index contributed by atoms with van der Waals surface area (Å²) in [6.45, 7) is 2.39. The van der Waals surface area contributed by atoms with Gasteiger partial charge in [-0.25, -0.2) is 0 Å². The second-order valence-corrected chi connectivity index (χ2v) is 4.48. The van der Waals surface area contributed by atoms with Gasteiger partial charge in [0.15, 0.2) is 6.29 Å². The number of rotatable bonds is 7. The Morgan fingerprint density at radius 3 is 2.60 bits per heavy atom. The highest BCUT2D eigenvalue weighted by atomic mass is 16.3. The number of anilines is 1. The Labute approximate surface area is 118 Å². The molecule has 3 N–H and O–H groups in total. The van der Waals surface area contributed by atoms with E-state index in [0.717, 1.165) is 25.3 Å². The van der Waals surface area contributed by atoms with Crippen molar-refractivity contribution < 1.29 is 9.90 Å². The van der Waals surface area contributed by atoms with Gasteiger partial charge in [-0.2, -0.15) is 0 Å². The Hall–Kier alpha value is -2.33. The van der Waals surface area contributed by atoms with Crippen LogP contribution in [-0.4, -0.2) is 24.5 Å². The highest BCUT2D eigenvalue weighted by Crippen LogP contribution is 2.19. The van der Waals surface area contributed by atoms with Crippen molar-refractivity contribution in [2.45, 2.75) is 6.54 Å². The van der Waals surface area contributed by atoms with Crippen molar-refractivity contribution in [2.75, 3.05) is 18.4 Å². The summed E-state index contributed by atoms with van der Waals surface area (Å²) in [7, 11) is 0. The van der Waals surface area contributed by atoms with E-state index in [9.17, 15) is 9.90 Å². The lowest BCUT2D eigenvalue weighted by atomic mass is 10.2. The summed E-state index contributed by atoms with van der Waals surface area (Å²) in [5, 5.41) is 15.9.